The van der Waals surface area contributed by atoms with Crippen molar-refractivity contribution in [3.05, 3.63) is 131 Å². The molecular weight excluding hydrogens is 440 g/mol. The van der Waals surface area contributed by atoms with Gasteiger partial charge in [0.05, 0.1) is 0 Å². The van der Waals surface area contributed by atoms with E-state index < -0.39 is 0 Å². The van der Waals surface area contributed by atoms with E-state index in [1.807, 2.05) is 97.1 Å². The van der Waals surface area contributed by atoms with Crippen LogP contribution < -0.4 is 0 Å². The quantitative estimate of drug-likeness (QED) is 0.450. The summed E-state index contributed by atoms with van der Waals surface area (Å²) < 4.78 is 0. The fourth-order valence-electron chi connectivity index (χ4n) is 4.47. The van der Waals surface area contributed by atoms with E-state index in [1.165, 1.54) is 0 Å². The highest BCUT2D eigenvalue weighted by Crippen LogP contribution is 2.38. The maximum absolute atomic E-state index is 13.4. The van der Waals surface area contributed by atoms with Crippen LogP contribution in [0.25, 0.3) is 11.1 Å². The van der Waals surface area contributed by atoms with Gasteiger partial charge in [-0.05, 0) is 57.4 Å². The van der Waals surface area contributed by atoms with Crippen molar-refractivity contribution < 1.29 is 9.59 Å². The predicted molar refractivity (Wildman–Crippen MR) is 150 cm³/mol. The molecule has 0 atom stereocenters. The third kappa shape index (κ3) is 5.39. The maximum Gasteiger partial charge on any atom is 0.190 e. The normalized spacial score (nSPS) is 19.2. The van der Waals surface area contributed by atoms with Gasteiger partial charge in [0.25, 0.3) is 0 Å². The van der Waals surface area contributed by atoms with Crippen molar-refractivity contribution in [1.29, 1.82) is 0 Å². The zero-order valence-corrected chi connectivity index (χ0v) is 22.1. The Hall–Kier alpha value is -3.78. The molecule has 2 aromatic rings. The van der Waals surface area contributed by atoms with Crippen molar-refractivity contribution in [3.8, 4) is 0 Å². The summed E-state index contributed by atoms with van der Waals surface area (Å²) in [5.41, 5.74) is 6.18. The Balaban J connectivity index is 1.84. The van der Waals surface area contributed by atoms with E-state index in [2.05, 4.69) is 41.5 Å². The van der Waals surface area contributed by atoms with Crippen LogP contribution >= 0.6 is 0 Å². The molecule has 182 valence electrons. The molecular formula is C34H34O2. The van der Waals surface area contributed by atoms with Gasteiger partial charge in [-0.15, -0.1) is 0 Å². The number of Topliss-reactive ketones (excluding diaryl/α,β-unsaturated/α-hetero) is 2. The first-order valence-electron chi connectivity index (χ1n) is 12.4. The van der Waals surface area contributed by atoms with E-state index in [1.54, 1.807) is 0 Å². The van der Waals surface area contributed by atoms with E-state index >= 15 is 0 Å². The highest BCUT2D eigenvalue weighted by molar-refractivity contribution is 6.31. The SMILES string of the molecule is CC(C)(C)C1=CC(=CC=C2C=C(c3ccccc3)C(=O)C(C(C)(C)C)=C2)C=C(c2ccccc2)C1=O. The first kappa shape index (κ1) is 25.3. The molecule has 2 aliphatic rings. The molecule has 0 unspecified atom stereocenters. The van der Waals surface area contributed by atoms with Crippen LogP contribution in [0.1, 0.15) is 52.7 Å². The third-order valence-electron chi connectivity index (χ3n) is 6.48. The average Bonchev–Trinajstić information content (AvgIpc) is 2.83. The Kier molecular flexibility index (Phi) is 6.82. The number of hydrogen-bond acceptors (Lipinski definition) is 2. The van der Waals surface area contributed by atoms with Crippen LogP contribution in [0.2, 0.25) is 0 Å². The van der Waals surface area contributed by atoms with Crippen molar-refractivity contribution >= 4 is 22.7 Å². The molecule has 0 amide bonds. The Morgan fingerprint density at radius 3 is 1.14 bits per heavy atom. The standard InChI is InChI=1S/C34H34O2/c1-33(2,3)29-21-23(19-27(31(29)35)25-13-9-7-10-14-25)17-18-24-20-28(26-15-11-8-12-16-26)32(36)30(22-24)34(4,5)6/h7-22H,1-6H3. The van der Waals surface area contributed by atoms with Crippen LogP contribution in [-0.4, -0.2) is 11.6 Å². The summed E-state index contributed by atoms with van der Waals surface area (Å²) in [6.45, 7) is 12.4. The van der Waals surface area contributed by atoms with Gasteiger partial charge in [-0.25, -0.2) is 0 Å². The summed E-state index contributed by atoms with van der Waals surface area (Å²) in [6, 6.07) is 19.6. The van der Waals surface area contributed by atoms with E-state index in [0.29, 0.717) is 11.1 Å². The van der Waals surface area contributed by atoms with Crippen LogP contribution in [0, 0.1) is 10.8 Å². The van der Waals surface area contributed by atoms with Gasteiger partial charge in [0, 0.05) is 22.3 Å². The number of allylic oxidation sites excluding steroid dienone is 12. The summed E-state index contributed by atoms with van der Waals surface area (Å²) >= 11 is 0. The van der Waals surface area contributed by atoms with E-state index in [-0.39, 0.29) is 22.4 Å². The molecule has 0 bridgehead atoms. The second kappa shape index (κ2) is 9.70. The Bertz CT molecular complexity index is 1270. The summed E-state index contributed by atoms with van der Waals surface area (Å²) in [4.78, 5) is 26.8. The molecule has 36 heavy (non-hydrogen) atoms. The van der Waals surface area contributed by atoms with Gasteiger partial charge in [-0.3, -0.25) is 9.59 Å². The van der Waals surface area contributed by atoms with Crippen molar-refractivity contribution in [2.75, 3.05) is 0 Å². The minimum atomic E-state index is -0.283. The van der Waals surface area contributed by atoms with Crippen molar-refractivity contribution in [3.63, 3.8) is 0 Å². The van der Waals surface area contributed by atoms with Gasteiger partial charge >= 0.3 is 0 Å². The number of ketones is 2. The van der Waals surface area contributed by atoms with Gasteiger partial charge in [-0.1, -0.05) is 114 Å². The molecule has 0 spiro atoms. The minimum Gasteiger partial charge on any atom is -0.289 e. The van der Waals surface area contributed by atoms with Crippen molar-refractivity contribution in [2.24, 2.45) is 10.8 Å². The zero-order chi connectivity index (χ0) is 26.1. The second-order valence-corrected chi connectivity index (χ2v) is 11.5. The number of rotatable bonds is 3. The largest absolute Gasteiger partial charge is 0.289 e. The van der Waals surface area contributed by atoms with Crippen LogP contribution in [0.3, 0.4) is 0 Å². The molecule has 0 fully saturated rings. The monoisotopic (exact) mass is 474 g/mol. The van der Waals surface area contributed by atoms with Crippen LogP contribution in [0.15, 0.2) is 119 Å². The highest BCUT2D eigenvalue weighted by atomic mass is 16.1. The first-order valence-corrected chi connectivity index (χ1v) is 12.4. The molecule has 2 heteroatoms. The Morgan fingerprint density at radius 2 is 0.833 bits per heavy atom. The van der Waals surface area contributed by atoms with Gasteiger partial charge in [0.1, 0.15) is 0 Å². The van der Waals surface area contributed by atoms with E-state index in [9.17, 15) is 9.59 Å². The number of carbonyl (C=O) groups excluding carboxylic acids is 2. The molecule has 0 aromatic heterocycles. The number of carbonyl (C=O) groups is 2. The molecule has 0 heterocycles. The first-order chi connectivity index (χ1) is 16.9. The van der Waals surface area contributed by atoms with Crippen LogP contribution in [-0.2, 0) is 9.59 Å². The molecule has 0 saturated carbocycles. The fourth-order valence-corrected chi connectivity index (χ4v) is 4.47. The molecule has 2 aliphatic carbocycles. The summed E-state index contributed by atoms with van der Waals surface area (Å²) in [5, 5.41) is 0. The van der Waals surface area contributed by atoms with E-state index in [0.717, 1.165) is 33.4 Å². The molecule has 2 aromatic carbocycles. The smallest absolute Gasteiger partial charge is 0.190 e. The zero-order valence-electron chi connectivity index (χ0n) is 22.1. The van der Waals surface area contributed by atoms with Crippen LogP contribution in [0.5, 0.6) is 0 Å². The molecule has 0 saturated heterocycles. The molecule has 4 rings (SSSR count). The van der Waals surface area contributed by atoms with Crippen molar-refractivity contribution in [1.82, 2.24) is 0 Å². The summed E-state index contributed by atoms with van der Waals surface area (Å²) in [6.07, 6.45) is 12.0. The fraction of sp³-hybridized carbons (Fsp3) is 0.235. The summed E-state index contributed by atoms with van der Waals surface area (Å²) in [7, 11) is 0. The van der Waals surface area contributed by atoms with Gasteiger partial charge < -0.3 is 0 Å². The molecule has 0 radical (unpaired) electrons. The third-order valence-corrected chi connectivity index (χ3v) is 6.48. The topological polar surface area (TPSA) is 34.1 Å². The highest BCUT2D eigenvalue weighted by Gasteiger charge is 2.31. The van der Waals surface area contributed by atoms with Crippen LogP contribution in [0.4, 0.5) is 0 Å². The van der Waals surface area contributed by atoms with Gasteiger partial charge in [0.2, 0.25) is 0 Å². The van der Waals surface area contributed by atoms with Gasteiger partial charge in [0.15, 0.2) is 11.6 Å². The predicted octanol–water partition coefficient (Wildman–Crippen LogP) is 8.12. The lowest BCUT2D eigenvalue weighted by Gasteiger charge is -2.27. The number of hydrogen-bond donors (Lipinski definition) is 0. The molecule has 2 nitrogen and oxygen atoms in total. The molecule has 0 N–H and O–H groups in total. The lowest BCUT2D eigenvalue weighted by Crippen LogP contribution is -2.22. The van der Waals surface area contributed by atoms with Crippen molar-refractivity contribution in [2.45, 2.75) is 41.5 Å². The molecule has 0 aliphatic heterocycles. The minimum absolute atomic E-state index is 0.0722. The second-order valence-electron chi connectivity index (χ2n) is 11.5. The van der Waals surface area contributed by atoms with Gasteiger partial charge in [-0.2, -0.15) is 0 Å². The lowest BCUT2D eigenvalue weighted by molar-refractivity contribution is -0.112. The average molecular weight is 475 g/mol. The maximum atomic E-state index is 13.4. The lowest BCUT2D eigenvalue weighted by atomic mass is 9.76. The Labute approximate surface area is 215 Å². The Morgan fingerprint density at radius 1 is 0.500 bits per heavy atom. The summed E-state index contributed by atoms with van der Waals surface area (Å²) in [5.74, 6) is 0.144. The number of benzene rings is 2. The van der Waals surface area contributed by atoms with E-state index in [4.69, 9.17) is 0 Å².